The summed E-state index contributed by atoms with van der Waals surface area (Å²) in [5.74, 6) is 0.0425. The molecule has 5 heteroatoms. The van der Waals surface area contributed by atoms with E-state index in [0.29, 0.717) is 5.69 Å². The van der Waals surface area contributed by atoms with Crippen LogP contribution >= 0.6 is 11.3 Å². The zero-order valence-electron chi connectivity index (χ0n) is 13.1. The van der Waals surface area contributed by atoms with Crippen LogP contribution in [0.15, 0.2) is 54.1 Å². The number of amides is 1. The van der Waals surface area contributed by atoms with E-state index in [-0.39, 0.29) is 11.9 Å². The maximum absolute atomic E-state index is 12.6. The Balaban J connectivity index is 1.53. The SMILES string of the molecule is O=C(/C=C/c1cnc2ccccc2n1)N1CCCC1c1cccs1. The van der Waals surface area contributed by atoms with Gasteiger partial charge in [-0.15, -0.1) is 11.3 Å². The lowest BCUT2D eigenvalue weighted by molar-refractivity contribution is -0.126. The van der Waals surface area contributed by atoms with Crippen LogP contribution in [0.1, 0.15) is 29.5 Å². The standard InChI is InChI=1S/C19H17N3OS/c23-19(22-11-3-7-17(22)18-8-4-12-24-18)10-9-14-13-20-15-5-1-2-6-16(15)21-14/h1-2,4-6,8-10,12-13,17H,3,7,11H2/b10-9+. The number of carbonyl (C=O) groups excluding carboxylic acids is 1. The Morgan fingerprint density at radius 3 is 2.92 bits per heavy atom. The first-order valence-electron chi connectivity index (χ1n) is 8.05. The van der Waals surface area contributed by atoms with Crippen LogP contribution in [-0.4, -0.2) is 27.3 Å². The molecule has 1 aliphatic heterocycles. The molecule has 0 saturated carbocycles. The molecule has 4 rings (SSSR count). The molecule has 2 aromatic heterocycles. The first-order valence-corrected chi connectivity index (χ1v) is 8.93. The lowest BCUT2D eigenvalue weighted by Gasteiger charge is -2.22. The second-order valence-corrected chi connectivity index (χ2v) is 6.80. The van der Waals surface area contributed by atoms with Crippen molar-refractivity contribution in [1.29, 1.82) is 0 Å². The Morgan fingerprint density at radius 2 is 2.08 bits per heavy atom. The van der Waals surface area contributed by atoms with E-state index < -0.39 is 0 Å². The Kier molecular flexibility index (Phi) is 4.09. The third-order valence-corrected chi connectivity index (χ3v) is 5.24. The molecule has 1 atom stereocenters. The second-order valence-electron chi connectivity index (χ2n) is 5.82. The van der Waals surface area contributed by atoms with Gasteiger partial charge in [-0.25, -0.2) is 4.98 Å². The van der Waals surface area contributed by atoms with Crippen molar-refractivity contribution in [2.24, 2.45) is 0 Å². The van der Waals surface area contributed by atoms with Crippen LogP contribution in [0.5, 0.6) is 0 Å². The number of benzene rings is 1. The number of carbonyl (C=O) groups is 1. The number of aromatic nitrogens is 2. The van der Waals surface area contributed by atoms with Crippen molar-refractivity contribution in [2.75, 3.05) is 6.54 Å². The van der Waals surface area contributed by atoms with E-state index in [4.69, 9.17) is 0 Å². The maximum atomic E-state index is 12.6. The molecule has 4 nitrogen and oxygen atoms in total. The molecule has 1 fully saturated rings. The van der Waals surface area contributed by atoms with E-state index in [1.54, 1.807) is 29.7 Å². The molecule has 0 N–H and O–H groups in total. The molecular formula is C19H17N3OS. The van der Waals surface area contributed by atoms with Gasteiger partial charge in [0.05, 0.1) is 29.0 Å². The molecule has 0 radical (unpaired) electrons. The maximum Gasteiger partial charge on any atom is 0.247 e. The number of para-hydroxylation sites is 2. The lowest BCUT2D eigenvalue weighted by Crippen LogP contribution is -2.28. The van der Waals surface area contributed by atoms with Gasteiger partial charge in [-0.1, -0.05) is 18.2 Å². The molecule has 0 bridgehead atoms. The summed E-state index contributed by atoms with van der Waals surface area (Å²) in [5.41, 5.74) is 2.40. The highest BCUT2D eigenvalue weighted by Gasteiger charge is 2.29. The highest BCUT2D eigenvalue weighted by Crippen LogP contribution is 2.34. The minimum atomic E-state index is 0.0425. The molecule has 1 unspecified atom stereocenters. The van der Waals surface area contributed by atoms with E-state index in [0.717, 1.165) is 30.4 Å². The molecule has 24 heavy (non-hydrogen) atoms. The number of rotatable bonds is 3. The second kappa shape index (κ2) is 6.53. The third kappa shape index (κ3) is 2.95. The number of nitrogens with zero attached hydrogens (tertiary/aromatic N) is 3. The smallest absolute Gasteiger partial charge is 0.247 e. The van der Waals surface area contributed by atoms with E-state index in [9.17, 15) is 4.79 Å². The minimum absolute atomic E-state index is 0.0425. The van der Waals surface area contributed by atoms with Gasteiger partial charge in [-0.2, -0.15) is 0 Å². The summed E-state index contributed by atoms with van der Waals surface area (Å²) in [7, 11) is 0. The van der Waals surface area contributed by atoms with E-state index in [2.05, 4.69) is 21.4 Å². The van der Waals surface area contributed by atoms with Crippen molar-refractivity contribution in [2.45, 2.75) is 18.9 Å². The van der Waals surface area contributed by atoms with E-state index >= 15 is 0 Å². The van der Waals surface area contributed by atoms with Crippen molar-refractivity contribution in [1.82, 2.24) is 14.9 Å². The number of fused-ring (bicyclic) bond motifs is 1. The molecule has 1 amide bonds. The largest absolute Gasteiger partial charge is 0.331 e. The van der Waals surface area contributed by atoms with Gasteiger partial charge in [-0.05, 0) is 42.5 Å². The van der Waals surface area contributed by atoms with Gasteiger partial charge in [0.15, 0.2) is 0 Å². The third-order valence-electron chi connectivity index (χ3n) is 4.27. The predicted molar refractivity (Wildman–Crippen MR) is 96.6 cm³/mol. The van der Waals surface area contributed by atoms with Gasteiger partial charge >= 0.3 is 0 Å². The average Bonchev–Trinajstić information content (AvgIpc) is 3.30. The van der Waals surface area contributed by atoms with E-state index in [1.807, 2.05) is 35.2 Å². The number of thiophene rings is 1. The molecule has 1 aromatic carbocycles. The Labute approximate surface area is 144 Å². The van der Waals surface area contributed by atoms with Gasteiger partial charge in [-0.3, -0.25) is 9.78 Å². The number of hydrogen-bond acceptors (Lipinski definition) is 4. The summed E-state index contributed by atoms with van der Waals surface area (Å²) in [6.45, 7) is 0.815. The topological polar surface area (TPSA) is 46.1 Å². The fraction of sp³-hybridized carbons (Fsp3) is 0.211. The highest BCUT2D eigenvalue weighted by atomic mass is 32.1. The predicted octanol–water partition coefficient (Wildman–Crippen LogP) is 4.07. The molecule has 120 valence electrons. The van der Waals surface area contributed by atoms with Crippen LogP contribution in [0.2, 0.25) is 0 Å². The summed E-state index contributed by atoms with van der Waals surface area (Å²) in [6, 6.07) is 12.1. The highest BCUT2D eigenvalue weighted by molar-refractivity contribution is 7.10. The van der Waals surface area contributed by atoms with Crippen molar-refractivity contribution >= 4 is 34.4 Å². The number of likely N-dealkylation sites (tertiary alicyclic amines) is 1. The minimum Gasteiger partial charge on any atom is -0.331 e. The molecule has 0 spiro atoms. The summed E-state index contributed by atoms with van der Waals surface area (Å²) in [5, 5.41) is 2.07. The Bertz CT molecular complexity index is 889. The van der Waals surface area contributed by atoms with Gasteiger partial charge in [0.1, 0.15) is 0 Å². The summed E-state index contributed by atoms with van der Waals surface area (Å²) >= 11 is 1.72. The van der Waals surface area contributed by atoms with Crippen molar-refractivity contribution in [3.8, 4) is 0 Å². The normalized spacial score (nSPS) is 17.8. The molecule has 1 aliphatic rings. The van der Waals surface area contributed by atoms with Crippen molar-refractivity contribution in [3.63, 3.8) is 0 Å². The first kappa shape index (κ1) is 15.0. The molecular weight excluding hydrogens is 318 g/mol. The summed E-state index contributed by atoms with van der Waals surface area (Å²) in [4.78, 5) is 24.7. The van der Waals surface area contributed by atoms with Crippen molar-refractivity contribution < 1.29 is 4.79 Å². The van der Waals surface area contributed by atoms with Crippen LogP contribution < -0.4 is 0 Å². The van der Waals surface area contributed by atoms with Crippen LogP contribution in [0.3, 0.4) is 0 Å². The van der Waals surface area contributed by atoms with Gasteiger partial charge in [0, 0.05) is 17.5 Å². The van der Waals surface area contributed by atoms with Crippen LogP contribution in [0.4, 0.5) is 0 Å². The fourth-order valence-electron chi connectivity index (χ4n) is 3.11. The average molecular weight is 335 g/mol. The van der Waals surface area contributed by atoms with E-state index in [1.165, 1.54) is 4.88 Å². The Morgan fingerprint density at radius 1 is 1.21 bits per heavy atom. The van der Waals surface area contributed by atoms with Crippen LogP contribution in [0, 0.1) is 0 Å². The van der Waals surface area contributed by atoms with Gasteiger partial charge in [0.25, 0.3) is 0 Å². The Hall–Kier alpha value is -2.53. The van der Waals surface area contributed by atoms with Crippen LogP contribution in [-0.2, 0) is 4.79 Å². The van der Waals surface area contributed by atoms with Gasteiger partial charge < -0.3 is 4.90 Å². The zero-order chi connectivity index (χ0) is 16.4. The fourth-order valence-corrected chi connectivity index (χ4v) is 3.98. The molecule has 3 heterocycles. The zero-order valence-corrected chi connectivity index (χ0v) is 13.9. The van der Waals surface area contributed by atoms with Crippen molar-refractivity contribution in [3.05, 3.63) is 64.6 Å². The molecule has 1 saturated heterocycles. The van der Waals surface area contributed by atoms with Crippen LogP contribution in [0.25, 0.3) is 17.1 Å². The number of hydrogen-bond donors (Lipinski definition) is 0. The molecule has 3 aromatic rings. The first-order chi connectivity index (χ1) is 11.8. The summed E-state index contributed by atoms with van der Waals surface area (Å²) < 4.78 is 0. The lowest BCUT2D eigenvalue weighted by atomic mass is 10.2. The quantitative estimate of drug-likeness (QED) is 0.678. The monoisotopic (exact) mass is 335 g/mol. The molecule has 0 aliphatic carbocycles. The summed E-state index contributed by atoms with van der Waals surface area (Å²) in [6.07, 6.45) is 7.16. The van der Waals surface area contributed by atoms with Gasteiger partial charge in [0.2, 0.25) is 5.91 Å².